The number of carbonyl (C=O) groups excluding carboxylic acids is 2. The van der Waals surface area contributed by atoms with Gasteiger partial charge in [-0.15, -0.1) is 0 Å². The molecule has 0 radical (unpaired) electrons. The molecule has 1 heterocycles. The van der Waals surface area contributed by atoms with Crippen molar-refractivity contribution in [1.82, 2.24) is 5.32 Å². The molecular weight excluding hydrogens is 394 g/mol. The summed E-state index contributed by atoms with van der Waals surface area (Å²) in [6, 6.07) is 19.5. The van der Waals surface area contributed by atoms with Crippen molar-refractivity contribution in [2.75, 3.05) is 0 Å². The van der Waals surface area contributed by atoms with Crippen LogP contribution in [0.25, 0.3) is 32.3 Å². The van der Waals surface area contributed by atoms with Crippen LogP contribution in [0.4, 0.5) is 0 Å². The Hall–Kier alpha value is -3.46. The standard InChI is InChI=1S/C29H23NO2/c31-23-8-2-6-21-28(23)27(29-22(30-21)7-3-9-24(29)32)20-15-13-18-11-10-16-4-1-5-17-12-14-19(20)26(18)25(16)17/h1,4-5,10-15,27,30H,2-3,6-9H2. The summed E-state index contributed by atoms with van der Waals surface area (Å²) in [6.45, 7) is 0. The lowest BCUT2D eigenvalue weighted by Crippen LogP contribution is -2.36. The molecule has 32 heavy (non-hydrogen) atoms. The quantitative estimate of drug-likeness (QED) is 0.371. The van der Waals surface area contributed by atoms with E-state index in [9.17, 15) is 9.59 Å². The highest BCUT2D eigenvalue weighted by Crippen LogP contribution is 2.48. The van der Waals surface area contributed by atoms with E-state index in [-0.39, 0.29) is 17.5 Å². The minimum atomic E-state index is -0.258. The summed E-state index contributed by atoms with van der Waals surface area (Å²) >= 11 is 0. The lowest BCUT2D eigenvalue weighted by atomic mass is 9.70. The maximum Gasteiger partial charge on any atom is 0.161 e. The molecule has 0 atom stereocenters. The number of ketones is 2. The maximum atomic E-state index is 13.2. The highest BCUT2D eigenvalue weighted by molar-refractivity contribution is 6.24. The number of allylic oxidation sites excluding steroid dienone is 4. The highest BCUT2D eigenvalue weighted by Gasteiger charge is 2.40. The average molecular weight is 418 g/mol. The van der Waals surface area contributed by atoms with Crippen LogP contribution in [0.3, 0.4) is 0 Å². The minimum Gasteiger partial charge on any atom is -0.362 e. The van der Waals surface area contributed by atoms with Crippen LogP contribution in [0.15, 0.2) is 77.1 Å². The first kappa shape index (κ1) is 18.1. The maximum absolute atomic E-state index is 13.2. The van der Waals surface area contributed by atoms with Gasteiger partial charge in [0, 0.05) is 41.3 Å². The Kier molecular flexibility index (Phi) is 3.70. The molecule has 7 rings (SSSR count). The molecule has 0 spiro atoms. The van der Waals surface area contributed by atoms with Crippen molar-refractivity contribution in [2.45, 2.75) is 44.4 Å². The largest absolute Gasteiger partial charge is 0.362 e. The van der Waals surface area contributed by atoms with Crippen LogP contribution in [0.1, 0.15) is 50.0 Å². The number of Topliss-reactive ketones (excluding diaryl/α,β-unsaturated/α-hetero) is 2. The Bertz CT molecular complexity index is 1480. The molecule has 0 bridgehead atoms. The van der Waals surface area contributed by atoms with Gasteiger partial charge in [0.25, 0.3) is 0 Å². The van der Waals surface area contributed by atoms with E-state index in [2.05, 4.69) is 59.9 Å². The molecule has 0 fully saturated rings. The number of hydrogen-bond acceptors (Lipinski definition) is 3. The summed E-state index contributed by atoms with van der Waals surface area (Å²) in [7, 11) is 0. The van der Waals surface area contributed by atoms with Gasteiger partial charge in [0.2, 0.25) is 0 Å². The molecule has 1 aliphatic heterocycles. The Morgan fingerprint density at radius 2 is 1.19 bits per heavy atom. The SMILES string of the molecule is O=C1CCCC2=C1C(c1ccc3ccc4cccc5ccc1c3c45)C1=C(CCCC1=O)N2. The lowest BCUT2D eigenvalue weighted by molar-refractivity contribution is -0.116. The molecule has 3 nitrogen and oxygen atoms in total. The van der Waals surface area contributed by atoms with Crippen LogP contribution < -0.4 is 5.32 Å². The van der Waals surface area contributed by atoms with E-state index in [1.165, 1.54) is 26.9 Å². The van der Waals surface area contributed by atoms with E-state index in [0.29, 0.717) is 12.8 Å². The van der Waals surface area contributed by atoms with Gasteiger partial charge in [-0.25, -0.2) is 0 Å². The Balaban J connectivity index is 1.58. The summed E-state index contributed by atoms with van der Waals surface area (Å²) in [6.07, 6.45) is 4.67. The van der Waals surface area contributed by atoms with Gasteiger partial charge in [0.15, 0.2) is 11.6 Å². The second-order valence-corrected chi connectivity index (χ2v) is 9.41. The van der Waals surface area contributed by atoms with Crippen LogP contribution in [0.2, 0.25) is 0 Å². The van der Waals surface area contributed by atoms with Crippen molar-refractivity contribution in [3.63, 3.8) is 0 Å². The van der Waals surface area contributed by atoms with Crippen molar-refractivity contribution in [3.05, 3.63) is 82.7 Å². The molecule has 3 heteroatoms. The summed E-state index contributed by atoms with van der Waals surface area (Å²) in [5.41, 5.74) is 4.86. The predicted molar refractivity (Wildman–Crippen MR) is 128 cm³/mol. The molecule has 1 N–H and O–H groups in total. The van der Waals surface area contributed by atoms with Gasteiger partial charge in [0.1, 0.15) is 0 Å². The number of benzene rings is 4. The zero-order chi connectivity index (χ0) is 21.4. The first-order valence-electron chi connectivity index (χ1n) is 11.7. The normalized spacial score (nSPS) is 19.8. The van der Waals surface area contributed by atoms with Gasteiger partial charge in [0.05, 0.1) is 0 Å². The predicted octanol–water partition coefficient (Wildman–Crippen LogP) is 6.29. The monoisotopic (exact) mass is 417 g/mol. The summed E-state index contributed by atoms with van der Waals surface area (Å²) in [5, 5.41) is 10.9. The molecule has 4 aromatic carbocycles. The number of hydrogen-bond donors (Lipinski definition) is 1. The molecular formula is C29H23NO2. The molecule has 0 unspecified atom stereocenters. The first-order chi connectivity index (χ1) is 15.7. The van der Waals surface area contributed by atoms with Gasteiger partial charge in [-0.05, 0) is 63.6 Å². The third-order valence-electron chi connectivity index (χ3n) is 7.66. The Morgan fingerprint density at radius 3 is 1.84 bits per heavy atom. The summed E-state index contributed by atoms with van der Waals surface area (Å²) in [4.78, 5) is 26.5. The summed E-state index contributed by atoms with van der Waals surface area (Å²) in [5.74, 6) is 0.130. The van der Waals surface area contributed by atoms with Crippen molar-refractivity contribution < 1.29 is 9.59 Å². The average Bonchev–Trinajstić information content (AvgIpc) is 2.82. The third kappa shape index (κ3) is 2.37. The Morgan fingerprint density at radius 1 is 0.625 bits per heavy atom. The number of carbonyl (C=O) groups is 2. The Labute approximate surface area is 186 Å². The van der Waals surface area contributed by atoms with Gasteiger partial charge < -0.3 is 5.32 Å². The second kappa shape index (κ2) is 6.52. The van der Waals surface area contributed by atoms with Crippen LogP contribution in [-0.2, 0) is 9.59 Å². The van der Waals surface area contributed by atoms with Crippen molar-refractivity contribution in [2.24, 2.45) is 0 Å². The van der Waals surface area contributed by atoms with Crippen molar-refractivity contribution >= 4 is 43.9 Å². The van der Waals surface area contributed by atoms with Crippen LogP contribution in [0.5, 0.6) is 0 Å². The van der Waals surface area contributed by atoms with E-state index < -0.39 is 0 Å². The molecule has 2 aliphatic carbocycles. The fraction of sp³-hybridized carbons (Fsp3) is 0.241. The third-order valence-corrected chi connectivity index (χ3v) is 7.66. The number of dihydropyridines is 1. The van der Waals surface area contributed by atoms with E-state index in [1.807, 2.05) is 0 Å². The summed E-state index contributed by atoms with van der Waals surface area (Å²) < 4.78 is 0. The van der Waals surface area contributed by atoms with Gasteiger partial charge in [-0.1, -0.05) is 54.6 Å². The minimum absolute atomic E-state index is 0.194. The second-order valence-electron chi connectivity index (χ2n) is 9.41. The van der Waals surface area contributed by atoms with Crippen LogP contribution in [-0.4, -0.2) is 11.6 Å². The number of nitrogens with one attached hydrogen (secondary N) is 1. The molecule has 0 amide bonds. The lowest BCUT2D eigenvalue weighted by Gasteiger charge is -2.37. The molecule has 0 saturated carbocycles. The van der Waals surface area contributed by atoms with Gasteiger partial charge in [-0.3, -0.25) is 9.59 Å². The van der Waals surface area contributed by atoms with E-state index in [1.54, 1.807) is 0 Å². The fourth-order valence-corrected chi connectivity index (χ4v) is 6.30. The fourth-order valence-electron chi connectivity index (χ4n) is 6.30. The zero-order valence-corrected chi connectivity index (χ0v) is 17.8. The van der Waals surface area contributed by atoms with Gasteiger partial charge >= 0.3 is 0 Å². The van der Waals surface area contributed by atoms with E-state index >= 15 is 0 Å². The molecule has 0 aromatic heterocycles. The molecule has 0 saturated heterocycles. The van der Waals surface area contributed by atoms with Crippen molar-refractivity contribution in [3.8, 4) is 0 Å². The van der Waals surface area contributed by atoms with E-state index in [4.69, 9.17) is 0 Å². The van der Waals surface area contributed by atoms with Gasteiger partial charge in [-0.2, -0.15) is 0 Å². The molecule has 156 valence electrons. The van der Waals surface area contributed by atoms with E-state index in [0.717, 1.165) is 59.2 Å². The zero-order valence-electron chi connectivity index (χ0n) is 17.8. The smallest absolute Gasteiger partial charge is 0.161 e. The number of rotatable bonds is 1. The topological polar surface area (TPSA) is 46.2 Å². The van der Waals surface area contributed by atoms with Crippen LogP contribution >= 0.6 is 0 Å². The first-order valence-corrected chi connectivity index (χ1v) is 11.7. The van der Waals surface area contributed by atoms with Crippen LogP contribution in [0, 0.1) is 0 Å². The van der Waals surface area contributed by atoms with Crippen molar-refractivity contribution in [1.29, 1.82) is 0 Å². The molecule has 3 aliphatic rings. The highest BCUT2D eigenvalue weighted by atomic mass is 16.1. The molecule has 4 aromatic rings.